The summed E-state index contributed by atoms with van der Waals surface area (Å²) in [6, 6.07) is 0. The van der Waals surface area contributed by atoms with Crippen LogP contribution in [0, 0.1) is 5.92 Å². The van der Waals surface area contributed by atoms with Crippen LogP contribution in [0.1, 0.15) is 39.0 Å². The monoisotopic (exact) mass is 196 g/mol. The van der Waals surface area contributed by atoms with Gasteiger partial charge in [-0.2, -0.15) is 0 Å². The van der Waals surface area contributed by atoms with Crippen molar-refractivity contribution in [1.82, 2.24) is 0 Å². The van der Waals surface area contributed by atoms with Gasteiger partial charge < -0.3 is 4.74 Å². The van der Waals surface area contributed by atoms with Gasteiger partial charge in [-0.05, 0) is 19.8 Å². The highest BCUT2D eigenvalue weighted by Gasteiger charge is 2.44. The predicted molar refractivity (Wildman–Crippen MR) is 50.9 cm³/mol. The lowest BCUT2D eigenvalue weighted by Gasteiger charge is -2.21. The zero-order valence-electron chi connectivity index (χ0n) is 8.49. The highest BCUT2D eigenvalue weighted by Crippen LogP contribution is 2.35. The number of hydrogen-bond acceptors (Lipinski definition) is 3. The molecule has 0 spiro atoms. The molecule has 1 aliphatic heterocycles. The predicted octanol–water partition coefficient (Wildman–Crippen LogP) is 1.49. The Morgan fingerprint density at radius 3 is 2.79 bits per heavy atom. The lowest BCUT2D eigenvalue weighted by atomic mass is 9.84. The standard InChI is InChI=1S/C11H16O3/c1-7(12)6-10-11(13)8-4-2-3-5-9(8)14-10/h8-10H,2-6H2,1H3/t8-,9-,10?/m0/s1. The van der Waals surface area contributed by atoms with Gasteiger partial charge in [-0.25, -0.2) is 0 Å². The molecular formula is C11H16O3. The van der Waals surface area contributed by atoms with Crippen molar-refractivity contribution >= 4 is 11.6 Å². The van der Waals surface area contributed by atoms with Gasteiger partial charge in [-0.1, -0.05) is 12.8 Å². The molecule has 3 heteroatoms. The van der Waals surface area contributed by atoms with Gasteiger partial charge in [0.25, 0.3) is 0 Å². The summed E-state index contributed by atoms with van der Waals surface area (Å²) >= 11 is 0. The maximum absolute atomic E-state index is 11.8. The van der Waals surface area contributed by atoms with Crippen LogP contribution in [0.4, 0.5) is 0 Å². The molecule has 1 saturated carbocycles. The third-order valence-electron chi connectivity index (χ3n) is 3.20. The fourth-order valence-electron chi connectivity index (χ4n) is 2.51. The van der Waals surface area contributed by atoms with Gasteiger partial charge >= 0.3 is 0 Å². The summed E-state index contributed by atoms with van der Waals surface area (Å²) in [5.74, 6) is 0.306. The summed E-state index contributed by atoms with van der Waals surface area (Å²) in [7, 11) is 0. The number of Topliss-reactive ketones (excluding diaryl/α,β-unsaturated/α-hetero) is 2. The van der Waals surface area contributed by atoms with Crippen molar-refractivity contribution in [3.8, 4) is 0 Å². The molecule has 0 bridgehead atoms. The van der Waals surface area contributed by atoms with Crippen LogP contribution < -0.4 is 0 Å². The molecule has 3 atom stereocenters. The minimum Gasteiger partial charge on any atom is -0.366 e. The summed E-state index contributed by atoms with van der Waals surface area (Å²) in [6.45, 7) is 1.51. The van der Waals surface area contributed by atoms with E-state index in [-0.39, 0.29) is 30.0 Å². The normalized spacial score (nSPS) is 36.9. The smallest absolute Gasteiger partial charge is 0.167 e. The number of rotatable bonds is 2. The molecule has 0 aromatic heterocycles. The number of ketones is 2. The highest BCUT2D eigenvalue weighted by molar-refractivity contribution is 5.92. The molecule has 78 valence electrons. The molecule has 2 aliphatic rings. The van der Waals surface area contributed by atoms with Gasteiger partial charge in [0.05, 0.1) is 6.10 Å². The lowest BCUT2D eigenvalue weighted by molar-refractivity contribution is -0.129. The number of hydrogen-bond donors (Lipinski definition) is 0. The quantitative estimate of drug-likeness (QED) is 0.672. The van der Waals surface area contributed by atoms with E-state index in [1.54, 1.807) is 0 Å². The Hall–Kier alpha value is -0.700. The molecule has 0 aromatic rings. The van der Waals surface area contributed by atoms with E-state index in [9.17, 15) is 9.59 Å². The first-order valence-electron chi connectivity index (χ1n) is 5.37. The Balaban J connectivity index is 2.02. The number of ether oxygens (including phenoxy) is 1. The zero-order valence-corrected chi connectivity index (χ0v) is 8.49. The molecule has 1 heterocycles. The molecule has 0 N–H and O–H groups in total. The summed E-state index contributed by atoms with van der Waals surface area (Å²) in [5, 5.41) is 0. The maximum Gasteiger partial charge on any atom is 0.167 e. The molecule has 1 aliphatic carbocycles. The molecule has 0 aromatic carbocycles. The summed E-state index contributed by atoms with van der Waals surface area (Å²) in [4.78, 5) is 22.7. The molecule has 2 fully saturated rings. The molecule has 1 unspecified atom stereocenters. The van der Waals surface area contributed by atoms with E-state index in [1.165, 1.54) is 6.92 Å². The Morgan fingerprint density at radius 2 is 2.14 bits per heavy atom. The van der Waals surface area contributed by atoms with Crippen molar-refractivity contribution in [1.29, 1.82) is 0 Å². The Morgan fingerprint density at radius 1 is 1.43 bits per heavy atom. The van der Waals surface area contributed by atoms with Crippen LogP contribution in [0.3, 0.4) is 0 Å². The Labute approximate surface area is 83.8 Å². The minimum absolute atomic E-state index is 0.0435. The number of carbonyl (C=O) groups is 2. The molecule has 1 saturated heterocycles. The fraction of sp³-hybridized carbons (Fsp3) is 0.818. The molecule has 3 nitrogen and oxygen atoms in total. The second kappa shape index (κ2) is 3.81. The van der Waals surface area contributed by atoms with Crippen molar-refractivity contribution in [3.05, 3.63) is 0 Å². The van der Waals surface area contributed by atoms with E-state index in [4.69, 9.17) is 4.74 Å². The van der Waals surface area contributed by atoms with Gasteiger partial charge in [-0.3, -0.25) is 9.59 Å². The van der Waals surface area contributed by atoms with E-state index in [2.05, 4.69) is 0 Å². The highest BCUT2D eigenvalue weighted by atomic mass is 16.5. The second-order valence-corrected chi connectivity index (χ2v) is 4.36. The van der Waals surface area contributed by atoms with Crippen molar-refractivity contribution in [3.63, 3.8) is 0 Å². The molecular weight excluding hydrogens is 180 g/mol. The van der Waals surface area contributed by atoms with Crippen LogP contribution in [0.25, 0.3) is 0 Å². The van der Waals surface area contributed by atoms with Gasteiger partial charge in [0.15, 0.2) is 5.78 Å². The number of carbonyl (C=O) groups excluding carboxylic acids is 2. The second-order valence-electron chi connectivity index (χ2n) is 4.36. The first-order valence-corrected chi connectivity index (χ1v) is 5.37. The van der Waals surface area contributed by atoms with Crippen LogP contribution in [0.5, 0.6) is 0 Å². The maximum atomic E-state index is 11.8. The molecule has 14 heavy (non-hydrogen) atoms. The van der Waals surface area contributed by atoms with E-state index < -0.39 is 6.10 Å². The van der Waals surface area contributed by atoms with E-state index in [1.807, 2.05) is 0 Å². The van der Waals surface area contributed by atoms with E-state index >= 15 is 0 Å². The van der Waals surface area contributed by atoms with E-state index in [0.717, 1.165) is 25.7 Å². The summed E-state index contributed by atoms with van der Waals surface area (Å²) in [6.07, 6.45) is 4.18. The average Bonchev–Trinajstić information content (AvgIpc) is 2.44. The van der Waals surface area contributed by atoms with Crippen molar-refractivity contribution in [2.75, 3.05) is 0 Å². The van der Waals surface area contributed by atoms with E-state index in [0.29, 0.717) is 0 Å². The van der Waals surface area contributed by atoms with Crippen LogP contribution >= 0.6 is 0 Å². The number of fused-ring (bicyclic) bond motifs is 1. The van der Waals surface area contributed by atoms with Gasteiger partial charge in [0.1, 0.15) is 11.9 Å². The lowest BCUT2D eigenvalue weighted by Crippen LogP contribution is -2.25. The average molecular weight is 196 g/mol. The first-order chi connectivity index (χ1) is 6.68. The Bertz CT molecular complexity index is 259. The van der Waals surface area contributed by atoms with Crippen LogP contribution in [-0.4, -0.2) is 23.8 Å². The summed E-state index contributed by atoms with van der Waals surface area (Å²) in [5.41, 5.74) is 0. The largest absolute Gasteiger partial charge is 0.366 e. The molecule has 0 radical (unpaired) electrons. The Kier molecular flexibility index (Phi) is 2.68. The van der Waals surface area contributed by atoms with Gasteiger partial charge in [0.2, 0.25) is 0 Å². The fourth-order valence-corrected chi connectivity index (χ4v) is 2.51. The van der Waals surface area contributed by atoms with Crippen LogP contribution in [0.2, 0.25) is 0 Å². The SMILES string of the molecule is CC(=O)CC1O[C@H]2CCCC[C@@H]2C1=O. The zero-order chi connectivity index (χ0) is 10.1. The molecule has 0 amide bonds. The third-order valence-corrected chi connectivity index (χ3v) is 3.20. The minimum atomic E-state index is -0.430. The molecule has 2 rings (SSSR count). The van der Waals surface area contributed by atoms with Gasteiger partial charge in [0, 0.05) is 12.3 Å². The van der Waals surface area contributed by atoms with Gasteiger partial charge in [-0.15, -0.1) is 0 Å². The topological polar surface area (TPSA) is 43.4 Å². The van der Waals surface area contributed by atoms with Crippen LogP contribution in [-0.2, 0) is 14.3 Å². The third kappa shape index (κ3) is 1.73. The van der Waals surface area contributed by atoms with Crippen molar-refractivity contribution in [2.45, 2.75) is 51.2 Å². The first kappa shape index (κ1) is 9.84. The van der Waals surface area contributed by atoms with Crippen molar-refractivity contribution < 1.29 is 14.3 Å². The summed E-state index contributed by atoms with van der Waals surface area (Å²) < 4.78 is 5.62. The van der Waals surface area contributed by atoms with Crippen LogP contribution in [0.15, 0.2) is 0 Å². The van der Waals surface area contributed by atoms with Crippen molar-refractivity contribution in [2.24, 2.45) is 5.92 Å².